The van der Waals surface area contributed by atoms with Gasteiger partial charge in [-0.25, -0.2) is 0 Å². The third-order valence-electron chi connectivity index (χ3n) is 5.15. The van der Waals surface area contributed by atoms with E-state index < -0.39 is 0 Å². The number of carbonyl (C=O) groups excluding carboxylic acids is 1. The fraction of sp³-hybridized carbons (Fsp3) is 0.550. The molecule has 1 aromatic carbocycles. The lowest BCUT2D eigenvalue weighted by Crippen LogP contribution is -2.25. The molecule has 1 unspecified atom stereocenters. The van der Waals surface area contributed by atoms with Crippen molar-refractivity contribution in [3.63, 3.8) is 0 Å². The normalized spacial score (nSPS) is 17.6. The van der Waals surface area contributed by atoms with Gasteiger partial charge in [-0.3, -0.25) is 4.79 Å². The number of hydrogen-bond acceptors (Lipinski definition) is 2. The Bertz CT molecular complexity index is 755. The van der Waals surface area contributed by atoms with Gasteiger partial charge in [0.2, 0.25) is 0 Å². The molecule has 0 aliphatic heterocycles. The van der Waals surface area contributed by atoms with Crippen LogP contribution in [-0.4, -0.2) is 17.1 Å². The van der Waals surface area contributed by atoms with Crippen molar-refractivity contribution >= 4 is 16.9 Å². The van der Waals surface area contributed by atoms with E-state index in [1.54, 1.807) is 0 Å². The molecule has 1 atom stereocenters. The molecule has 0 N–H and O–H groups in total. The van der Waals surface area contributed by atoms with Crippen LogP contribution in [0.5, 0.6) is 0 Å². The Morgan fingerprint density at radius 2 is 2.00 bits per heavy atom. The maximum absolute atomic E-state index is 12.2. The smallest absolute Gasteiger partial charge is 0.309 e. The molecule has 124 valence electrons. The van der Waals surface area contributed by atoms with Crippen molar-refractivity contribution in [2.45, 2.75) is 59.9 Å². The topological polar surface area (TPSA) is 31.2 Å². The zero-order valence-corrected chi connectivity index (χ0v) is 14.9. The molecule has 0 radical (unpaired) electrons. The van der Waals surface area contributed by atoms with Crippen LogP contribution in [0.4, 0.5) is 0 Å². The number of ether oxygens (including phenoxy) is 1. The Hall–Kier alpha value is -1.77. The molecule has 0 saturated heterocycles. The van der Waals surface area contributed by atoms with Gasteiger partial charge in [0.05, 0.1) is 12.5 Å². The van der Waals surface area contributed by atoms with Crippen LogP contribution in [-0.2, 0) is 22.4 Å². The number of benzene rings is 1. The number of aryl methyl sites for hydroxylation is 2. The lowest BCUT2D eigenvalue weighted by atomic mass is 9.86. The van der Waals surface area contributed by atoms with Crippen molar-refractivity contribution in [1.29, 1.82) is 0 Å². The number of aromatic nitrogens is 1. The molecule has 0 amide bonds. The van der Waals surface area contributed by atoms with Gasteiger partial charge in [-0.2, -0.15) is 0 Å². The van der Waals surface area contributed by atoms with Gasteiger partial charge in [-0.15, -0.1) is 0 Å². The minimum atomic E-state index is -0.0348. The summed E-state index contributed by atoms with van der Waals surface area (Å²) in [5, 5.41) is 1.32. The molecule has 0 fully saturated rings. The van der Waals surface area contributed by atoms with Crippen LogP contribution in [0.25, 0.3) is 10.9 Å². The highest BCUT2D eigenvalue weighted by molar-refractivity contribution is 5.88. The van der Waals surface area contributed by atoms with Crippen molar-refractivity contribution < 1.29 is 9.53 Å². The molecular weight excluding hydrogens is 286 g/mol. The van der Waals surface area contributed by atoms with E-state index in [4.69, 9.17) is 4.74 Å². The summed E-state index contributed by atoms with van der Waals surface area (Å²) in [5.41, 5.74) is 6.75. The van der Waals surface area contributed by atoms with E-state index in [-0.39, 0.29) is 11.9 Å². The Morgan fingerprint density at radius 1 is 1.30 bits per heavy atom. The van der Waals surface area contributed by atoms with E-state index in [2.05, 4.69) is 44.4 Å². The average Bonchev–Trinajstić information content (AvgIpc) is 2.81. The van der Waals surface area contributed by atoms with Gasteiger partial charge in [0.25, 0.3) is 0 Å². The summed E-state index contributed by atoms with van der Waals surface area (Å²) in [4.78, 5) is 12.2. The second-order valence-corrected chi connectivity index (χ2v) is 7.03. The molecule has 1 aliphatic carbocycles. The summed E-state index contributed by atoms with van der Waals surface area (Å²) >= 11 is 0. The van der Waals surface area contributed by atoms with Crippen LogP contribution < -0.4 is 0 Å². The first-order valence-electron chi connectivity index (χ1n) is 8.73. The summed E-state index contributed by atoms with van der Waals surface area (Å²) in [7, 11) is 0. The summed E-state index contributed by atoms with van der Waals surface area (Å²) in [6, 6.07) is 5.04. The van der Waals surface area contributed by atoms with E-state index in [9.17, 15) is 4.79 Å². The van der Waals surface area contributed by atoms with Gasteiger partial charge in [0.1, 0.15) is 0 Å². The quantitative estimate of drug-likeness (QED) is 0.781. The van der Waals surface area contributed by atoms with Crippen LogP contribution in [0, 0.1) is 19.8 Å². The van der Waals surface area contributed by atoms with E-state index in [0.717, 1.165) is 19.3 Å². The van der Waals surface area contributed by atoms with Gasteiger partial charge in [0, 0.05) is 22.6 Å². The van der Waals surface area contributed by atoms with Crippen LogP contribution in [0.2, 0.25) is 0 Å². The van der Waals surface area contributed by atoms with Crippen LogP contribution in [0.3, 0.4) is 0 Å². The predicted octanol–water partition coefficient (Wildman–Crippen LogP) is 4.51. The minimum absolute atomic E-state index is 0.00951. The molecule has 0 saturated carbocycles. The van der Waals surface area contributed by atoms with E-state index >= 15 is 0 Å². The van der Waals surface area contributed by atoms with Crippen LogP contribution >= 0.6 is 0 Å². The Kier molecular flexibility index (Phi) is 4.22. The zero-order chi connectivity index (χ0) is 16.7. The lowest BCUT2D eigenvalue weighted by molar-refractivity contribution is -0.148. The fourth-order valence-corrected chi connectivity index (χ4v) is 3.90. The van der Waals surface area contributed by atoms with Crippen LogP contribution in [0.1, 0.15) is 55.6 Å². The number of rotatable bonds is 3. The molecule has 3 rings (SSSR count). The minimum Gasteiger partial charge on any atom is -0.466 e. The predicted molar refractivity (Wildman–Crippen MR) is 93.9 cm³/mol. The number of carbonyl (C=O) groups is 1. The Balaban J connectivity index is 2.14. The first-order chi connectivity index (χ1) is 10.9. The fourth-order valence-electron chi connectivity index (χ4n) is 3.90. The third kappa shape index (κ3) is 2.66. The molecule has 2 aromatic rings. The lowest BCUT2D eigenvalue weighted by Gasteiger charge is -2.23. The second kappa shape index (κ2) is 6.03. The van der Waals surface area contributed by atoms with Crippen molar-refractivity contribution in [2.75, 3.05) is 6.61 Å². The molecule has 0 spiro atoms. The molecule has 0 bridgehead atoms. The van der Waals surface area contributed by atoms with Crippen LogP contribution in [0.15, 0.2) is 12.1 Å². The van der Waals surface area contributed by atoms with Gasteiger partial charge in [0.15, 0.2) is 0 Å². The van der Waals surface area contributed by atoms with E-state index in [0.29, 0.717) is 12.6 Å². The van der Waals surface area contributed by atoms with Gasteiger partial charge in [-0.1, -0.05) is 0 Å². The van der Waals surface area contributed by atoms with E-state index in [1.807, 2.05) is 6.92 Å². The van der Waals surface area contributed by atoms with Crippen molar-refractivity contribution in [3.05, 3.63) is 34.5 Å². The van der Waals surface area contributed by atoms with Crippen molar-refractivity contribution in [3.8, 4) is 0 Å². The maximum atomic E-state index is 12.2. The molecule has 1 aromatic heterocycles. The summed E-state index contributed by atoms with van der Waals surface area (Å²) in [6.45, 7) is 11.2. The number of fused-ring (bicyclic) bond motifs is 3. The third-order valence-corrected chi connectivity index (χ3v) is 5.15. The highest BCUT2D eigenvalue weighted by atomic mass is 16.5. The zero-order valence-electron chi connectivity index (χ0n) is 14.9. The highest BCUT2D eigenvalue weighted by Crippen LogP contribution is 2.37. The largest absolute Gasteiger partial charge is 0.466 e. The second-order valence-electron chi connectivity index (χ2n) is 7.03. The highest BCUT2D eigenvalue weighted by Gasteiger charge is 2.30. The monoisotopic (exact) mass is 313 g/mol. The van der Waals surface area contributed by atoms with E-state index in [1.165, 1.54) is 33.3 Å². The number of hydrogen-bond donors (Lipinski definition) is 0. The molecule has 3 nitrogen and oxygen atoms in total. The first-order valence-corrected chi connectivity index (χ1v) is 8.73. The van der Waals surface area contributed by atoms with Gasteiger partial charge >= 0.3 is 5.97 Å². The standard InChI is InChI=1S/C20H27NO2/c1-6-23-20(22)15-7-8-18-17(11-15)16-9-13(4)14(5)10-19(16)21(18)12(2)3/h9-10,12,15H,6-8,11H2,1-5H3. The molecule has 1 aliphatic rings. The Labute approximate surface area is 138 Å². The van der Waals surface area contributed by atoms with Crippen molar-refractivity contribution in [2.24, 2.45) is 5.92 Å². The first kappa shape index (κ1) is 16.1. The maximum Gasteiger partial charge on any atom is 0.309 e. The Morgan fingerprint density at radius 3 is 2.65 bits per heavy atom. The molecule has 3 heteroatoms. The summed E-state index contributed by atoms with van der Waals surface area (Å²) in [5.74, 6) is -0.0253. The van der Waals surface area contributed by atoms with Gasteiger partial charge in [-0.05, 0) is 82.7 Å². The van der Waals surface area contributed by atoms with Crippen molar-refractivity contribution in [1.82, 2.24) is 4.57 Å². The number of nitrogens with zero attached hydrogens (tertiary/aromatic N) is 1. The summed E-state index contributed by atoms with van der Waals surface area (Å²) in [6.07, 6.45) is 2.67. The molecule has 1 heterocycles. The SMILES string of the molecule is CCOC(=O)C1CCc2c(c3cc(C)c(C)cc3n2C(C)C)C1. The molecule has 23 heavy (non-hydrogen) atoms. The molecular formula is C20H27NO2. The van der Waals surface area contributed by atoms with Gasteiger partial charge < -0.3 is 9.30 Å². The average molecular weight is 313 g/mol. The number of esters is 1. The summed E-state index contributed by atoms with van der Waals surface area (Å²) < 4.78 is 7.73.